The topological polar surface area (TPSA) is 64.1 Å². The molecule has 0 bridgehead atoms. The number of carbonyl (C=O) groups is 1. The van der Waals surface area contributed by atoms with Crippen LogP contribution in [-0.4, -0.2) is 22.7 Å². The standard InChI is InChI=1S/C18H25N3O2S/c1-4-6-14-8-10-15(11-9-14)23-12-5-7-16(22)19-18-21-20-17(24-18)13(2)3/h8-11,13H,4-7,12H2,1-3H3,(H,19,21,22). The van der Waals surface area contributed by atoms with Crippen LogP contribution < -0.4 is 10.1 Å². The lowest BCUT2D eigenvalue weighted by Crippen LogP contribution is -2.12. The van der Waals surface area contributed by atoms with Gasteiger partial charge in [-0.25, -0.2) is 0 Å². The van der Waals surface area contributed by atoms with Crippen LogP contribution in [0.5, 0.6) is 5.75 Å². The molecule has 1 amide bonds. The quantitative estimate of drug-likeness (QED) is 0.682. The molecular weight excluding hydrogens is 322 g/mol. The number of aryl methyl sites for hydroxylation is 1. The van der Waals surface area contributed by atoms with Gasteiger partial charge in [0.1, 0.15) is 10.8 Å². The van der Waals surface area contributed by atoms with E-state index in [1.165, 1.54) is 16.9 Å². The minimum atomic E-state index is -0.0525. The van der Waals surface area contributed by atoms with E-state index in [0.717, 1.165) is 23.6 Å². The summed E-state index contributed by atoms with van der Waals surface area (Å²) >= 11 is 1.43. The van der Waals surface area contributed by atoms with Gasteiger partial charge in [0.25, 0.3) is 0 Å². The molecule has 0 radical (unpaired) electrons. The second-order valence-electron chi connectivity index (χ2n) is 5.99. The minimum Gasteiger partial charge on any atom is -0.494 e. The van der Waals surface area contributed by atoms with E-state index >= 15 is 0 Å². The lowest BCUT2D eigenvalue weighted by atomic mass is 10.1. The first-order valence-electron chi connectivity index (χ1n) is 8.43. The molecule has 1 heterocycles. The van der Waals surface area contributed by atoms with Crippen molar-refractivity contribution in [3.8, 4) is 5.75 Å². The first-order valence-corrected chi connectivity index (χ1v) is 9.25. The molecule has 0 unspecified atom stereocenters. The lowest BCUT2D eigenvalue weighted by Gasteiger charge is -2.07. The van der Waals surface area contributed by atoms with Gasteiger partial charge in [-0.1, -0.05) is 50.7 Å². The number of aromatic nitrogens is 2. The number of amides is 1. The van der Waals surface area contributed by atoms with Gasteiger partial charge in [-0.05, 0) is 30.5 Å². The van der Waals surface area contributed by atoms with E-state index in [2.05, 4.69) is 48.4 Å². The van der Waals surface area contributed by atoms with Crippen LogP contribution in [0.1, 0.15) is 56.5 Å². The van der Waals surface area contributed by atoms with Crippen LogP contribution in [0.2, 0.25) is 0 Å². The number of nitrogens with one attached hydrogen (secondary N) is 1. The molecule has 1 N–H and O–H groups in total. The molecule has 0 spiro atoms. The summed E-state index contributed by atoms with van der Waals surface area (Å²) < 4.78 is 5.67. The summed E-state index contributed by atoms with van der Waals surface area (Å²) in [6.45, 7) is 6.80. The molecule has 0 aliphatic carbocycles. The van der Waals surface area contributed by atoms with Crippen molar-refractivity contribution in [3.05, 3.63) is 34.8 Å². The van der Waals surface area contributed by atoms with Gasteiger partial charge in [-0.2, -0.15) is 0 Å². The second-order valence-corrected chi connectivity index (χ2v) is 7.00. The molecule has 2 rings (SSSR count). The molecule has 6 heteroatoms. The van der Waals surface area contributed by atoms with Crippen LogP contribution in [0, 0.1) is 0 Å². The molecule has 0 atom stereocenters. The molecule has 0 saturated carbocycles. The molecule has 0 aliphatic heterocycles. The Morgan fingerprint density at radius 2 is 2.00 bits per heavy atom. The van der Waals surface area contributed by atoms with Crippen LogP contribution in [0.4, 0.5) is 5.13 Å². The van der Waals surface area contributed by atoms with Gasteiger partial charge in [0, 0.05) is 12.3 Å². The number of nitrogens with zero attached hydrogens (tertiary/aromatic N) is 2. The SMILES string of the molecule is CCCc1ccc(OCCCC(=O)Nc2nnc(C(C)C)s2)cc1. The van der Waals surface area contributed by atoms with Crippen molar-refractivity contribution in [2.45, 2.75) is 52.4 Å². The third-order valence-electron chi connectivity index (χ3n) is 3.46. The molecule has 0 saturated heterocycles. The Balaban J connectivity index is 1.66. The normalized spacial score (nSPS) is 10.8. The van der Waals surface area contributed by atoms with Crippen LogP contribution in [0.15, 0.2) is 24.3 Å². The Kier molecular flexibility index (Phi) is 7.18. The number of benzene rings is 1. The Bertz CT molecular complexity index is 638. The van der Waals surface area contributed by atoms with Gasteiger partial charge in [-0.15, -0.1) is 10.2 Å². The monoisotopic (exact) mass is 347 g/mol. The maximum absolute atomic E-state index is 11.9. The summed E-state index contributed by atoms with van der Waals surface area (Å²) in [4.78, 5) is 11.9. The second kappa shape index (κ2) is 9.37. The van der Waals surface area contributed by atoms with Crippen molar-refractivity contribution in [1.29, 1.82) is 0 Å². The third kappa shape index (κ3) is 5.92. The molecule has 1 aromatic heterocycles. The van der Waals surface area contributed by atoms with E-state index in [4.69, 9.17) is 4.74 Å². The van der Waals surface area contributed by atoms with Crippen LogP contribution in [-0.2, 0) is 11.2 Å². The zero-order valence-corrected chi connectivity index (χ0v) is 15.4. The number of hydrogen-bond donors (Lipinski definition) is 1. The fourth-order valence-electron chi connectivity index (χ4n) is 2.16. The number of carbonyl (C=O) groups excluding carboxylic acids is 1. The highest BCUT2D eigenvalue weighted by molar-refractivity contribution is 7.15. The number of anilines is 1. The Hall–Kier alpha value is -1.95. The molecule has 5 nitrogen and oxygen atoms in total. The molecule has 24 heavy (non-hydrogen) atoms. The van der Waals surface area contributed by atoms with Crippen molar-refractivity contribution >= 4 is 22.4 Å². The maximum atomic E-state index is 11.9. The zero-order chi connectivity index (χ0) is 17.4. The predicted molar refractivity (Wildman–Crippen MR) is 97.8 cm³/mol. The van der Waals surface area contributed by atoms with Crippen molar-refractivity contribution in [3.63, 3.8) is 0 Å². The molecule has 2 aromatic rings. The Morgan fingerprint density at radius 3 is 2.62 bits per heavy atom. The van der Waals surface area contributed by atoms with E-state index < -0.39 is 0 Å². The van der Waals surface area contributed by atoms with Crippen molar-refractivity contribution in [2.75, 3.05) is 11.9 Å². The smallest absolute Gasteiger partial charge is 0.226 e. The Labute approximate surface area is 147 Å². The molecular formula is C18H25N3O2S. The summed E-state index contributed by atoms with van der Waals surface area (Å²) in [5.74, 6) is 1.12. The fraction of sp³-hybridized carbons (Fsp3) is 0.500. The van der Waals surface area contributed by atoms with E-state index in [0.29, 0.717) is 30.5 Å². The van der Waals surface area contributed by atoms with Gasteiger partial charge in [0.15, 0.2) is 0 Å². The molecule has 1 aromatic carbocycles. The van der Waals surface area contributed by atoms with Crippen LogP contribution >= 0.6 is 11.3 Å². The highest BCUT2D eigenvalue weighted by Gasteiger charge is 2.10. The average Bonchev–Trinajstić information content (AvgIpc) is 3.02. The highest BCUT2D eigenvalue weighted by Crippen LogP contribution is 2.22. The summed E-state index contributed by atoms with van der Waals surface area (Å²) in [5, 5.41) is 12.3. The summed E-state index contributed by atoms with van der Waals surface area (Å²) in [5.41, 5.74) is 1.32. The van der Waals surface area contributed by atoms with E-state index in [9.17, 15) is 4.79 Å². The van der Waals surface area contributed by atoms with Crippen molar-refractivity contribution < 1.29 is 9.53 Å². The third-order valence-corrected chi connectivity index (χ3v) is 4.60. The minimum absolute atomic E-state index is 0.0525. The van der Waals surface area contributed by atoms with Gasteiger partial charge in [0.2, 0.25) is 11.0 Å². The number of hydrogen-bond acceptors (Lipinski definition) is 5. The summed E-state index contributed by atoms with van der Waals surface area (Å²) in [6, 6.07) is 8.15. The van der Waals surface area contributed by atoms with Gasteiger partial charge < -0.3 is 10.1 Å². The summed E-state index contributed by atoms with van der Waals surface area (Å²) in [6.07, 6.45) is 3.30. The van der Waals surface area contributed by atoms with E-state index in [1.807, 2.05) is 12.1 Å². The molecule has 0 fully saturated rings. The van der Waals surface area contributed by atoms with Crippen LogP contribution in [0.3, 0.4) is 0 Å². The van der Waals surface area contributed by atoms with Crippen molar-refractivity contribution in [2.24, 2.45) is 0 Å². The average molecular weight is 347 g/mol. The van der Waals surface area contributed by atoms with Gasteiger partial charge in [-0.3, -0.25) is 4.79 Å². The van der Waals surface area contributed by atoms with E-state index in [-0.39, 0.29) is 5.91 Å². The fourth-order valence-corrected chi connectivity index (χ4v) is 2.93. The van der Waals surface area contributed by atoms with Gasteiger partial charge >= 0.3 is 0 Å². The summed E-state index contributed by atoms with van der Waals surface area (Å²) in [7, 11) is 0. The number of ether oxygens (including phenoxy) is 1. The maximum Gasteiger partial charge on any atom is 0.226 e. The largest absolute Gasteiger partial charge is 0.494 e. The Morgan fingerprint density at radius 1 is 1.25 bits per heavy atom. The van der Waals surface area contributed by atoms with Crippen LogP contribution in [0.25, 0.3) is 0 Å². The van der Waals surface area contributed by atoms with E-state index in [1.54, 1.807) is 0 Å². The first-order chi connectivity index (χ1) is 11.6. The van der Waals surface area contributed by atoms with Gasteiger partial charge in [0.05, 0.1) is 6.61 Å². The number of rotatable bonds is 9. The zero-order valence-electron chi connectivity index (χ0n) is 14.5. The predicted octanol–water partition coefficient (Wildman–Crippen LogP) is 4.41. The van der Waals surface area contributed by atoms with Crippen molar-refractivity contribution in [1.82, 2.24) is 10.2 Å². The lowest BCUT2D eigenvalue weighted by molar-refractivity contribution is -0.116. The first kappa shape index (κ1) is 18.4. The molecule has 0 aliphatic rings. The highest BCUT2D eigenvalue weighted by atomic mass is 32.1. The molecule has 130 valence electrons.